The minimum Gasteiger partial charge on any atom is -0.0921 e. The third-order valence-electron chi connectivity index (χ3n) is 2.93. The van der Waals surface area contributed by atoms with Crippen molar-refractivity contribution >= 4 is 43.5 Å². The molecule has 0 saturated heterocycles. The van der Waals surface area contributed by atoms with Crippen molar-refractivity contribution in [3.05, 3.63) is 69.2 Å². The maximum Gasteiger partial charge on any atom is 0.0438 e. The van der Waals surface area contributed by atoms with Crippen molar-refractivity contribution in [3.63, 3.8) is 0 Å². The lowest BCUT2D eigenvalue weighted by Gasteiger charge is -2.16. The number of rotatable bonds is 4. The number of hydrogen-bond acceptors (Lipinski definition) is 0. The lowest BCUT2D eigenvalue weighted by atomic mass is 9.94. The van der Waals surface area contributed by atoms with Crippen LogP contribution in [0.2, 0.25) is 5.02 Å². The van der Waals surface area contributed by atoms with Crippen LogP contribution in [0.4, 0.5) is 0 Å². The Morgan fingerprint density at radius 2 is 1.83 bits per heavy atom. The molecule has 0 aliphatic heterocycles. The van der Waals surface area contributed by atoms with Gasteiger partial charge in [-0.1, -0.05) is 73.8 Å². The molecule has 0 N–H and O–H groups in total. The van der Waals surface area contributed by atoms with Gasteiger partial charge in [-0.25, -0.2) is 0 Å². The highest BCUT2D eigenvalue weighted by Crippen LogP contribution is 2.28. The molecule has 3 heteroatoms. The van der Waals surface area contributed by atoms with E-state index in [9.17, 15) is 0 Å². The minimum absolute atomic E-state index is 0.433. The van der Waals surface area contributed by atoms with Gasteiger partial charge < -0.3 is 0 Å². The van der Waals surface area contributed by atoms with E-state index in [1.54, 1.807) is 0 Å². The highest BCUT2D eigenvalue weighted by atomic mass is 79.9. The monoisotopic (exact) mass is 386 g/mol. The maximum absolute atomic E-state index is 6.22. The highest BCUT2D eigenvalue weighted by Gasteiger charge is 2.13. The van der Waals surface area contributed by atoms with Crippen LogP contribution in [0.5, 0.6) is 0 Å². The molecule has 0 aliphatic rings. The molecule has 0 heterocycles. The van der Waals surface area contributed by atoms with Gasteiger partial charge in [0.25, 0.3) is 0 Å². The molecule has 0 amide bonds. The molecule has 1 unspecified atom stereocenters. The van der Waals surface area contributed by atoms with Gasteiger partial charge in [0.05, 0.1) is 0 Å². The fraction of sp³-hybridized carbons (Fsp3) is 0.200. The van der Waals surface area contributed by atoms with Crippen molar-refractivity contribution in [1.82, 2.24) is 0 Å². The maximum atomic E-state index is 6.22. The Balaban J connectivity index is 2.23. The van der Waals surface area contributed by atoms with E-state index in [2.05, 4.69) is 56.1 Å². The molecule has 1 atom stereocenters. The predicted molar refractivity (Wildman–Crippen MR) is 85.8 cm³/mol. The second kappa shape index (κ2) is 6.74. The van der Waals surface area contributed by atoms with Gasteiger partial charge >= 0.3 is 0 Å². The lowest BCUT2D eigenvalue weighted by Crippen LogP contribution is -2.05. The zero-order valence-corrected chi connectivity index (χ0v) is 13.7. The van der Waals surface area contributed by atoms with Crippen LogP contribution in [0.25, 0.3) is 0 Å². The van der Waals surface area contributed by atoms with Crippen LogP contribution < -0.4 is 0 Å². The molecule has 0 nitrogen and oxygen atoms in total. The fourth-order valence-corrected chi connectivity index (χ4v) is 3.18. The Kier molecular flexibility index (Phi) is 5.28. The molecule has 0 radical (unpaired) electrons. The van der Waals surface area contributed by atoms with E-state index < -0.39 is 0 Å². The Bertz CT molecular complexity index is 525. The molecule has 2 aromatic carbocycles. The van der Waals surface area contributed by atoms with Crippen LogP contribution in [0.3, 0.4) is 0 Å². The average molecular weight is 389 g/mol. The Labute approximate surface area is 130 Å². The van der Waals surface area contributed by atoms with Crippen molar-refractivity contribution in [3.8, 4) is 0 Å². The van der Waals surface area contributed by atoms with Gasteiger partial charge in [0.1, 0.15) is 0 Å². The first kappa shape index (κ1) is 14.1. The van der Waals surface area contributed by atoms with Crippen molar-refractivity contribution in [2.24, 2.45) is 0 Å². The Morgan fingerprint density at radius 3 is 2.50 bits per heavy atom. The molecular weight excluding hydrogens is 375 g/mol. The standard InChI is InChI=1S/C15H13Br2Cl/c16-10-13(11-5-3-6-14(17)9-11)8-12-4-1-2-7-15(12)18/h1-7,9,13H,8,10H2. The SMILES string of the molecule is Clc1ccccc1CC(CBr)c1cccc(Br)c1. The quantitative estimate of drug-likeness (QED) is 0.579. The van der Waals surface area contributed by atoms with Crippen LogP contribution in [-0.2, 0) is 6.42 Å². The Morgan fingerprint density at radius 1 is 1.06 bits per heavy atom. The summed E-state index contributed by atoms with van der Waals surface area (Å²) in [4.78, 5) is 0. The van der Waals surface area contributed by atoms with Crippen molar-refractivity contribution in [2.75, 3.05) is 5.33 Å². The molecule has 2 rings (SSSR count). The summed E-state index contributed by atoms with van der Waals surface area (Å²) in [7, 11) is 0. The second-order valence-electron chi connectivity index (χ2n) is 4.20. The van der Waals surface area contributed by atoms with Gasteiger partial charge in [-0.3, -0.25) is 0 Å². The largest absolute Gasteiger partial charge is 0.0921 e. The summed E-state index contributed by atoms with van der Waals surface area (Å²) in [5, 5.41) is 1.77. The first-order valence-electron chi connectivity index (χ1n) is 5.75. The van der Waals surface area contributed by atoms with Crippen molar-refractivity contribution in [1.29, 1.82) is 0 Å². The van der Waals surface area contributed by atoms with Gasteiger partial charge in [0.2, 0.25) is 0 Å². The van der Waals surface area contributed by atoms with Crippen LogP contribution in [0.15, 0.2) is 53.0 Å². The molecule has 0 saturated carbocycles. The van der Waals surface area contributed by atoms with Gasteiger partial charge in [0.15, 0.2) is 0 Å². The second-order valence-corrected chi connectivity index (χ2v) is 6.17. The van der Waals surface area contributed by atoms with E-state index in [0.717, 1.165) is 21.2 Å². The molecule has 0 spiro atoms. The van der Waals surface area contributed by atoms with E-state index in [0.29, 0.717) is 5.92 Å². The van der Waals surface area contributed by atoms with Gasteiger partial charge in [0, 0.05) is 14.8 Å². The Hall–Kier alpha value is -0.310. The zero-order valence-electron chi connectivity index (χ0n) is 9.74. The zero-order chi connectivity index (χ0) is 13.0. The van der Waals surface area contributed by atoms with Crippen LogP contribution in [-0.4, -0.2) is 5.33 Å². The molecule has 0 aliphatic carbocycles. The molecule has 94 valence electrons. The number of alkyl halides is 1. The number of benzene rings is 2. The summed E-state index contributed by atoms with van der Waals surface area (Å²) >= 11 is 13.3. The van der Waals surface area contributed by atoms with Gasteiger partial charge in [-0.2, -0.15) is 0 Å². The number of hydrogen-bond donors (Lipinski definition) is 0. The van der Waals surface area contributed by atoms with Crippen LogP contribution >= 0.6 is 43.5 Å². The van der Waals surface area contributed by atoms with Crippen LogP contribution in [0.1, 0.15) is 17.0 Å². The summed E-state index contributed by atoms with van der Waals surface area (Å²) in [6.45, 7) is 0. The third kappa shape index (κ3) is 3.59. The predicted octanol–water partition coefficient (Wildman–Crippen LogP) is 5.82. The summed E-state index contributed by atoms with van der Waals surface area (Å²) in [5.41, 5.74) is 2.52. The van der Waals surface area contributed by atoms with E-state index >= 15 is 0 Å². The molecule has 18 heavy (non-hydrogen) atoms. The van der Waals surface area contributed by atoms with E-state index in [-0.39, 0.29) is 0 Å². The summed E-state index contributed by atoms with van der Waals surface area (Å²) in [5.74, 6) is 0.433. The topological polar surface area (TPSA) is 0 Å². The molecule has 0 aromatic heterocycles. The summed E-state index contributed by atoms with van der Waals surface area (Å²) in [6.07, 6.45) is 0.946. The summed E-state index contributed by atoms with van der Waals surface area (Å²) in [6, 6.07) is 16.5. The summed E-state index contributed by atoms with van der Waals surface area (Å²) < 4.78 is 1.12. The average Bonchev–Trinajstić information content (AvgIpc) is 2.38. The molecule has 2 aromatic rings. The highest BCUT2D eigenvalue weighted by molar-refractivity contribution is 9.10. The smallest absolute Gasteiger partial charge is 0.0438 e. The van der Waals surface area contributed by atoms with Crippen molar-refractivity contribution < 1.29 is 0 Å². The van der Waals surface area contributed by atoms with Gasteiger partial charge in [-0.15, -0.1) is 0 Å². The first-order chi connectivity index (χ1) is 8.70. The van der Waals surface area contributed by atoms with E-state index in [4.69, 9.17) is 11.6 Å². The molecular formula is C15H13Br2Cl. The molecule has 0 fully saturated rings. The van der Waals surface area contributed by atoms with E-state index in [1.165, 1.54) is 11.1 Å². The fourth-order valence-electron chi connectivity index (χ4n) is 1.95. The van der Waals surface area contributed by atoms with Gasteiger partial charge in [-0.05, 0) is 41.7 Å². The number of halogens is 3. The minimum atomic E-state index is 0.433. The normalized spacial score (nSPS) is 12.4. The third-order valence-corrected chi connectivity index (χ3v) is 4.57. The van der Waals surface area contributed by atoms with Crippen LogP contribution in [0, 0.1) is 0 Å². The van der Waals surface area contributed by atoms with E-state index in [1.807, 2.05) is 24.3 Å². The first-order valence-corrected chi connectivity index (χ1v) is 8.05. The van der Waals surface area contributed by atoms with Crippen molar-refractivity contribution in [2.45, 2.75) is 12.3 Å². The lowest BCUT2D eigenvalue weighted by molar-refractivity contribution is 0.775. The molecule has 0 bridgehead atoms.